The van der Waals surface area contributed by atoms with Crippen LogP contribution in [0.25, 0.3) is 0 Å². The Labute approximate surface area is 119 Å². The number of carbonyl (C=O) groups is 2. The summed E-state index contributed by atoms with van der Waals surface area (Å²) in [6.45, 7) is 0.0838. The summed E-state index contributed by atoms with van der Waals surface area (Å²) in [4.78, 5) is 23.7. The lowest BCUT2D eigenvalue weighted by Crippen LogP contribution is -2.33. The van der Waals surface area contributed by atoms with Crippen LogP contribution in [0, 0.1) is 0 Å². The number of urea groups is 1. The van der Waals surface area contributed by atoms with Crippen molar-refractivity contribution < 1.29 is 23.5 Å². The molecule has 1 rings (SSSR count). The Hall–Kier alpha value is -1.83. The van der Waals surface area contributed by atoms with Crippen LogP contribution in [-0.2, 0) is 4.79 Å². The summed E-state index contributed by atoms with van der Waals surface area (Å²) < 4.78 is 24.3. The van der Waals surface area contributed by atoms with E-state index < -0.39 is 17.8 Å². The molecule has 0 radical (unpaired) electrons. The van der Waals surface area contributed by atoms with Gasteiger partial charge in [-0.15, -0.1) is 0 Å². The largest absolute Gasteiger partial charge is 0.481 e. The molecule has 0 spiro atoms. The van der Waals surface area contributed by atoms with Gasteiger partial charge in [0.25, 0.3) is 5.76 Å². The third-order valence-corrected chi connectivity index (χ3v) is 3.06. The number of hydrogen-bond donors (Lipinski definition) is 2. The van der Waals surface area contributed by atoms with Gasteiger partial charge in [0.05, 0.1) is 6.42 Å². The fourth-order valence-corrected chi connectivity index (χ4v) is 1.80. The maximum Gasteiger partial charge on any atom is 0.321 e. The molecule has 0 aromatic heterocycles. The first-order valence-electron chi connectivity index (χ1n) is 5.67. The van der Waals surface area contributed by atoms with Crippen molar-refractivity contribution in [2.45, 2.75) is 17.1 Å². The molecule has 0 aliphatic rings. The molecule has 1 aromatic carbocycles. The Kier molecular flexibility index (Phi) is 6.23. The second kappa shape index (κ2) is 7.68. The highest BCUT2D eigenvalue weighted by molar-refractivity contribution is 7.99. The number of hydrogen-bond acceptors (Lipinski definition) is 3. The summed E-state index contributed by atoms with van der Waals surface area (Å²) in [6, 6.07) is 5.51. The fraction of sp³-hybridized carbons (Fsp3) is 0.333. The van der Waals surface area contributed by atoms with Crippen molar-refractivity contribution in [3.63, 3.8) is 0 Å². The quantitative estimate of drug-likeness (QED) is 0.793. The fourth-order valence-electron chi connectivity index (χ4n) is 1.30. The number of amides is 2. The zero-order valence-corrected chi connectivity index (χ0v) is 11.5. The van der Waals surface area contributed by atoms with Gasteiger partial charge in [-0.25, -0.2) is 4.79 Å². The number of carbonyl (C=O) groups excluding carboxylic acids is 1. The number of carboxylic acids is 1. The SMILES string of the molecule is CN(CCC(=O)O)C(=O)Nc1ccc(SC(F)F)cc1. The van der Waals surface area contributed by atoms with E-state index in [9.17, 15) is 18.4 Å². The van der Waals surface area contributed by atoms with Gasteiger partial charge in [0.2, 0.25) is 0 Å². The first-order chi connectivity index (χ1) is 9.38. The van der Waals surface area contributed by atoms with Crippen LogP contribution in [0.5, 0.6) is 0 Å². The Morgan fingerprint density at radius 3 is 2.45 bits per heavy atom. The van der Waals surface area contributed by atoms with Gasteiger partial charge >= 0.3 is 12.0 Å². The van der Waals surface area contributed by atoms with Gasteiger partial charge in [0.1, 0.15) is 0 Å². The molecule has 2 amide bonds. The minimum atomic E-state index is -2.49. The number of rotatable bonds is 6. The Bertz CT molecular complexity index is 468. The lowest BCUT2D eigenvalue weighted by atomic mass is 10.3. The molecule has 8 heteroatoms. The first kappa shape index (κ1) is 16.2. The summed E-state index contributed by atoms with van der Waals surface area (Å²) in [6.07, 6.45) is -0.145. The van der Waals surface area contributed by atoms with Crippen LogP contribution in [0.2, 0.25) is 0 Å². The molecule has 1 aromatic rings. The minimum Gasteiger partial charge on any atom is -0.481 e. The van der Waals surface area contributed by atoms with Gasteiger partial charge in [-0.3, -0.25) is 4.79 Å². The van der Waals surface area contributed by atoms with E-state index in [1.165, 1.54) is 36.2 Å². The number of carboxylic acid groups (broad SMARTS) is 1. The van der Waals surface area contributed by atoms with E-state index >= 15 is 0 Å². The molecular formula is C12H14F2N2O3S. The number of nitrogens with zero attached hydrogens (tertiary/aromatic N) is 1. The van der Waals surface area contributed by atoms with E-state index in [2.05, 4.69) is 5.32 Å². The van der Waals surface area contributed by atoms with Crippen LogP contribution in [0.1, 0.15) is 6.42 Å². The number of aliphatic carboxylic acids is 1. The number of thioether (sulfide) groups is 1. The van der Waals surface area contributed by atoms with Gasteiger partial charge in [-0.2, -0.15) is 8.78 Å². The highest BCUT2D eigenvalue weighted by Crippen LogP contribution is 2.26. The molecule has 0 aliphatic carbocycles. The number of halogens is 2. The van der Waals surface area contributed by atoms with Crippen LogP contribution >= 0.6 is 11.8 Å². The second-order valence-corrected chi connectivity index (χ2v) is 4.96. The summed E-state index contributed by atoms with van der Waals surface area (Å²) >= 11 is 0.422. The van der Waals surface area contributed by atoms with Crippen molar-refractivity contribution in [2.24, 2.45) is 0 Å². The second-order valence-electron chi connectivity index (χ2n) is 3.90. The highest BCUT2D eigenvalue weighted by Gasteiger charge is 2.10. The van der Waals surface area contributed by atoms with Crippen LogP contribution in [0.4, 0.5) is 19.3 Å². The van der Waals surface area contributed by atoms with Crippen molar-refractivity contribution in [1.82, 2.24) is 4.90 Å². The van der Waals surface area contributed by atoms with Crippen molar-refractivity contribution >= 4 is 29.4 Å². The van der Waals surface area contributed by atoms with E-state index in [1.807, 2.05) is 0 Å². The van der Waals surface area contributed by atoms with Gasteiger partial charge in [-0.05, 0) is 24.3 Å². The Morgan fingerprint density at radius 1 is 1.35 bits per heavy atom. The van der Waals surface area contributed by atoms with Crippen LogP contribution in [0.3, 0.4) is 0 Å². The van der Waals surface area contributed by atoms with E-state index in [-0.39, 0.29) is 13.0 Å². The number of nitrogens with one attached hydrogen (secondary N) is 1. The number of benzene rings is 1. The zero-order chi connectivity index (χ0) is 15.1. The third kappa shape index (κ3) is 5.87. The molecule has 5 nitrogen and oxygen atoms in total. The molecule has 0 unspecified atom stereocenters. The molecule has 110 valence electrons. The molecule has 20 heavy (non-hydrogen) atoms. The molecule has 0 heterocycles. The van der Waals surface area contributed by atoms with E-state index in [0.29, 0.717) is 22.3 Å². The summed E-state index contributed by atoms with van der Waals surface area (Å²) in [5.41, 5.74) is 0.454. The maximum absolute atomic E-state index is 12.1. The Morgan fingerprint density at radius 2 is 1.95 bits per heavy atom. The van der Waals surface area contributed by atoms with Gasteiger partial charge in [-0.1, -0.05) is 11.8 Å². The molecule has 0 atom stereocenters. The average molecular weight is 304 g/mol. The number of alkyl halides is 2. The van der Waals surface area contributed by atoms with Crippen LogP contribution in [-0.4, -0.2) is 41.4 Å². The van der Waals surface area contributed by atoms with Crippen molar-refractivity contribution in [1.29, 1.82) is 0 Å². The normalized spacial score (nSPS) is 10.4. The van der Waals surface area contributed by atoms with Crippen molar-refractivity contribution in [2.75, 3.05) is 18.9 Å². The molecule has 0 aliphatic heterocycles. The molecule has 0 fully saturated rings. The lowest BCUT2D eigenvalue weighted by molar-refractivity contribution is -0.137. The van der Waals surface area contributed by atoms with Crippen molar-refractivity contribution in [3.8, 4) is 0 Å². The smallest absolute Gasteiger partial charge is 0.321 e. The predicted molar refractivity (Wildman–Crippen MR) is 72.2 cm³/mol. The molecule has 0 saturated heterocycles. The maximum atomic E-state index is 12.1. The van der Waals surface area contributed by atoms with Gasteiger partial charge < -0.3 is 15.3 Å². The average Bonchev–Trinajstić information content (AvgIpc) is 2.37. The minimum absolute atomic E-state index is 0.0838. The lowest BCUT2D eigenvalue weighted by Gasteiger charge is -2.17. The molecular weight excluding hydrogens is 290 g/mol. The summed E-state index contributed by atoms with van der Waals surface area (Å²) in [7, 11) is 1.47. The first-order valence-corrected chi connectivity index (χ1v) is 6.55. The van der Waals surface area contributed by atoms with Gasteiger partial charge in [0, 0.05) is 24.2 Å². The number of anilines is 1. The van der Waals surface area contributed by atoms with Crippen molar-refractivity contribution in [3.05, 3.63) is 24.3 Å². The monoisotopic (exact) mass is 304 g/mol. The van der Waals surface area contributed by atoms with Gasteiger partial charge in [0.15, 0.2) is 0 Å². The van der Waals surface area contributed by atoms with E-state index in [4.69, 9.17) is 5.11 Å². The van der Waals surface area contributed by atoms with Crippen LogP contribution in [0.15, 0.2) is 29.2 Å². The topological polar surface area (TPSA) is 69.6 Å². The molecule has 2 N–H and O–H groups in total. The molecule has 0 bridgehead atoms. The summed E-state index contributed by atoms with van der Waals surface area (Å²) in [5, 5.41) is 11.1. The van der Waals surface area contributed by atoms with Crippen LogP contribution < -0.4 is 5.32 Å². The standard InChI is InChI=1S/C12H14F2N2O3S/c1-16(7-6-10(17)18)12(19)15-8-2-4-9(5-3-8)20-11(13)14/h2-5,11H,6-7H2,1H3,(H,15,19)(H,17,18). The predicted octanol–water partition coefficient (Wildman–Crippen LogP) is 2.94. The van der Waals surface area contributed by atoms with E-state index in [1.54, 1.807) is 0 Å². The highest BCUT2D eigenvalue weighted by atomic mass is 32.2. The Balaban J connectivity index is 2.51. The molecule has 0 saturated carbocycles. The zero-order valence-electron chi connectivity index (χ0n) is 10.7. The summed E-state index contributed by atoms with van der Waals surface area (Å²) in [5.74, 6) is -3.48. The van der Waals surface area contributed by atoms with E-state index in [0.717, 1.165) is 0 Å². The third-order valence-electron chi connectivity index (χ3n) is 2.34.